The standard InChI is InChI=1S/C17H15FN4O3/c18-12-4-5-15(19-10-12)22-16(24)9-14(21-22)17(25)20-13-3-1-2-11(8-13)6-7-23/h1-5,8-10,21,23H,6-7H2,(H,20,25). The maximum absolute atomic E-state index is 12.9. The highest BCUT2D eigenvalue weighted by Crippen LogP contribution is 2.12. The highest BCUT2D eigenvalue weighted by Gasteiger charge is 2.13. The number of anilines is 1. The largest absolute Gasteiger partial charge is 0.396 e. The lowest BCUT2D eigenvalue weighted by Crippen LogP contribution is -2.15. The molecule has 1 aromatic carbocycles. The number of carbonyl (C=O) groups is 1. The van der Waals surface area contributed by atoms with Crippen molar-refractivity contribution in [2.24, 2.45) is 0 Å². The van der Waals surface area contributed by atoms with Gasteiger partial charge >= 0.3 is 0 Å². The first kappa shape index (κ1) is 16.6. The Labute approximate surface area is 141 Å². The molecule has 25 heavy (non-hydrogen) atoms. The van der Waals surface area contributed by atoms with Gasteiger partial charge in [0, 0.05) is 18.4 Å². The molecule has 0 saturated heterocycles. The minimum absolute atomic E-state index is 0.0121. The summed E-state index contributed by atoms with van der Waals surface area (Å²) in [5.74, 6) is -0.849. The van der Waals surface area contributed by atoms with Crippen molar-refractivity contribution in [2.75, 3.05) is 11.9 Å². The molecule has 2 heterocycles. The number of carbonyl (C=O) groups excluding carboxylic acids is 1. The van der Waals surface area contributed by atoms with Crippen molar-refractivity contribution in [3.8, 4) is 5.82 Å². The Morgan fingerprint density at radius 2 is 2.12 bits per heavy atom. The van der Waals surface area contributed by atoms with Crippen LogP contribution >= 0.6 is 0 Å². The van der Waals surface area contributed by atoms with Crippen LogP contribution < -0.4 is 10.9 Å². The number of amides is 1. The molecule has 1 amide bonds. The molecule has 0 fully saturated rings. The molecule has 128 valence electrons. The van der Waals surface area contributed by atoms with Gasteiger partial charge in [0.15, 0.2) is 5.82 Å². The number of pyridine rings is 1. The Kier molecular flexibility index (Phi) is 4.71. The van der Waals surface area contributed by atoms with E-state index in [1.165, 1.54) is 12.1 Å². The molecule has 3 rings (SSSR count). The van der Waals surface area contributed by atoms with Gasteiger partial charge in [-0.3, -0.25) is 14.7 Å². The summed E-state index contributed by atoms with van der Waals surface area (Å²) in [6.45, 7) is 0.0121. The molecule has 3 N–H and O–H groups in total. The van der Waals surface area contributed by atoms with Gasteiger partial charge in [-0.2, -0.15) is 0 Å². The average Bonchev–Trinajstić information content (AvgIpc) is 2.98. The second-order valence-electron chi connectivity index (χ2n) is 5.31. The molecule has 0 saturated carbocycles. The topological polar surface area (TPSA) is 100 Å². The number of aliphatic hydroxyl groups is 1. The van der Waals surface area contributed by atoms with Crippen molar-refractivity contribution < 1.29 is 14.3 Å². The second kappa shape index (κ2) is 7.10. The van der Waals surface area contributed by atoms with Gasteiger partial charge in [-0.05, 0) is 36.2 Å². The molecule has 0 radical (unpaired) electrons. The zero-order valence-electron chi connectivity index (χ0n) is 13.1. The fourth-order valence-electron chi connectivity index (χ4n) is 2.31. The molecule has 0 aliphatic heterocycles. The van der Waals surface area contributed by atoms with E-state index in [0.29, 0.717) is 12.1 Å². The predicted octanol–water partition coefficient (Wildman–Crippen LogP) is 1.49. The molecule has 0 aliphatic rings. The number of nitrogens with one attached hydrogen (secondary N) is 2. The molecular weight excluding hydrogens is 327 g/mol. The van der Waals surface area contributed by atoms with Gasteiger partial charge in [0.2, 0.25) is 0 Å². The van der Waals surface area contributed by atoms with Gasteiger partial charge in [-0.15, -0.1) is 0 Å². The van der Waals surface area contributed by atoms with Gasteiger partial charge in [-0.25, -0.2) is 14.1 Å². The Bertz CT molecular complexity index is 947. The molecule has 0 atom stereocenters. The Hall–Kier alpha value is -3.26. The molecule has 0 aliphatic carbocycles. The molecule has 3 aromatic rings. The van der Waals surface area contributed by atoms with Crippen molar-refractivity contribution in [3.05, 3.63) is 76.1 Å². The summed E-state index contributed by atoms with van der Waals surface area (Å²) in [7, 11) is 0. The van der Waals surface area contributed by atoms with Crippen LogP contribution in [0.25, 0.3) is 5.82 Å². The molecule has 2 aromatic heterocycles. The second-order valence-corrected chi connectivity index (χ2v) is 5.31. The monoisotopic (exact) mass is 342 g/mol. The number of nitrogens with zero attached hydrogens (tertiary/aromatic N) is 2. The van der Waals surface area contributed by atoms with E-state index in [-0.39, 0.29) is 18.1 Å². The lowest BCUT2D eigenvalue weighted by Gasteiger charge is -2.06. The van der Waals surface area contributed by atoms with Crippen LogP contribution in [0.15, 0.2) is 53.5 Å². The first-order valence-corrected chi connectivity index (χ1v) is 7.52. The minimum atomic E-state index is -0.524. The van der Waals surface area contributed by atoms with E-state index in [2.05, 4.69) is 15.4 Å². The van der Waals surface area contributed by atoms with Gasteiger partial charge in [0.25, 0.3) is 11.5 Å². The zero-order chi connectivity index (χ0) is 17.8. The number of halogens is 1. The van der Waals surface area contributed by atoms with Gasteiger partial charge in [-0.1, -0.05) is 12.1 Å². The Morgan fingerprint density at radius 3 is 2.84 bits per heavy atom. The summed E-state index contributed by atoms with van der Waals surface area (Å²) in [4.78, 5) is 28.1. The van der Waals surface area contributed by atoms with Gasteiger partial charge in [0.1, 0.15) is 11.5 Å². The third-order valence-corrected chi connectivity index (χ3v) is 3.49. The normalized spacial score (nSPS) is 10.6. The van der Waals surface area contributed by atoms with Crippen molar-refractivity contribution in [1.82, 2.24) is 14.8 Å². The fourth-order valence-corrected chi connectivity index (χ4v) is 2.31. The number of benzene rings is 1. The molecule has 0 bridgehead atoms. The highest BCUT2D eigenvalue weighted by atomic mass is 19.1. The Morgan fingerprint density at radius 1 is 1.28 bits per heavy atom. The van der Waals surface area contributed by atoms with Crippen LogP contribution in [0, 0.1) is 5.82 Å². The lowest BCUT2D eigenvalue weighted by molar-refractivity contribution is 0.102. The molecule has 0 unspecified atom stereocenters. The predicted molar refractivity (Wildman–Crippen MR) is 89.3 cm³/mol. The maximum atomic E-state index is 12.9. The van der Waals surface area contributed by atoms with E-state index < -0.39 is 17.3 Å². The summed E-state index contributed by atoms with van der Waals surface area (Å²) >= 11 is 0. The van der Waals surface area contributed by atoms with E-state index in [0.717, 1.165) is 22.5 Å². The quantitative estimate of drug-likeness (QED) is 0.654. The van der Waals surface area contributed by atoms with Gasteiger partial charge < -0.3 is 10.4 Å². The maximum Gasteiger partial charge on any atom is 0.273 e. The fraction of sp³-hybridized carbons (Fsp3) is 0.118. The van der Waals surface area contributed by atoms with Crippen LogP contribution in [0.4, 0.5) is 10.1 Å². The van der Waals surface area contributed by atoms with Crippen molar-refractivity contribution in [3.63, 3.8) is 0 Å². The number of aliphatic hydroxyl groups excluding tert-OH is 1. The number of hydrogen-bond acceptors (Lipinski definition) is 4. The van der Waals surface area contributed by atoms with Crippen LogP contribution in [0.3, 0.4) is 0 Å². The van der Waals surface area contributed by atoms with E-state index in [1.807, 2.05) is 6.07 Å². The van der Waals surface area contributed by atoms with Crippen LogP contribution in [-0.2, 0) is 6.42 Å². The SMILES string of the molecule is O=C(Nc1cccc(CCO)c1)c1cc(=O)n(-c2ccc(F)cn2)[nH]1. The third-order valence-electron chi connectivity index (χ3n) is 3.49. The minimum Gasteiger partial charge on any atom is -0.396 e. The van der Waals surface area contributed by atoms with E-state index in [1.54, 1.807) is 18.2 Å². The summed E-state index contributed by atoms with van der Waals surface area (Å²) in [5, 5.41) is 14.3. The zero-order valence-corrected chi connectivity index (χ0v) is 13.1. The number of aromatic nitrogens is 3. The summed E-state index contributed by atoms with van der Waals surface area (Å²) in [6, 6.07) is 10.7. The molecular formula is C17H15FN4O3. The molecule has 7 nitrogen and oxygen atoms in total. The average molecular weight is 342 g/mol. The summed E-state index contributed by atoms with van der Waals surface area (Å²) in [6.07, 6.45) is 1.46. The lowest BCUT2D eigenvalue weighted by atomic mass is 10.1. The summed E-state index contributed by atoms with van der Waals surface area (Å²) in [5.41, 5.74) is 0.980. The Balaban J connectivity index is 1.81. The van der Waals surface area contributed by atoms with Crippen LogP contribution in [0.1, 0.15) is 16.1 Å². The summed E-state index contributed by atoms with van der Waals surface area (Å²) < 4.78 is 14.0. The highest BCUT2D eigenvalue weighted by molar-refractivity contribution is 6.02. The third kappa shape index (κ3) is 3.81. The van der Waals surface area contributed by atoms with Crippen LogP contribution in [0.5, 0.6) is 0 Å². The van der Waals surface area contributed by atoms with E-state index in [4.69, 9.17) is 5.11 Å². The number of rotatable bonds is 5. The molecule has 8 heteroatoms. The number of H-pyrrole nitrogens is 1. The first-order valence-electron chi connectivity index (χ1n) is 7.52. The van der Waals surface area contributed by atoms with E-state index in [9.17, 15) is 14.0 Å². The smallest absolute Gasteiger partial charge is 0.273 e. The van der Waals surface area contributed by atoms with Crippen LogP contribution in [0.2, 0.25) is 0 Å². The van der Waals surface area contributed by atoms with Gasteiger partial charge in [0.05, 0.1) is 6.20 Å². The van der Waals surface area contributed by atoms with Crippen molar-refractivity contribution in [1.29, 1.82) is 0 Å². The van der Waals surface area contributed by atoms with Crippen molar-refractivity contribution >= 4 is 11.6 Å². The van der Waals surface area contributed by atoms with E-state index >= 15 is 0 Å². The number of aromatic amines is 1. The molecule has 0 spiro atoms. The number of hydrogen-bond donors (Lipinski definition) is 3. The van der Waals surface area contributed by atoms with Crippen LogP contribution in [-0.4, -0.2) is 32.4 Å². The van der Waals surface area contributed by atoms with Crippen molar-refractivity contribution in [2.45, 2.75) is 6.42 Å². The first-order chi connectivity index (χ1) is 12.1.